The van der Waals surface area contributed by atoms with Crippen LogP contribution < -0.4 is 5.32 Å². The summed E-state index contributed by atoms with van der Waals surface area (Å²) in [6, 6.07) is 10.0. The van der Waals surface area contributed by atoms with Crippen molar-refractivity contribution in [3.8, 4) is 5.69 Å². The lowest BCUT2D eigenvalue weighted by Gasteiger charge is -2.42. The van der Waals surface area contributed by atoms with Crippen LogP contribution >= 0.6 is 0 Å². The van der Waals surface area contributed by atoms with Crippen LogP contribution in [0.4, 0.5) is 0 Å². The first kappa shape index (κ1) is 19.1. The van der Waals surface area contributed by atoms with Gasteiger partial charge >= 0.3 is 5.97 Å². The lowest BCUT2D eigenvalue weighted by molar-refractivity contribution is -0.139. The monoisotopic (exact) mass is 370 g/mol. The molecule has 0 aliphatic heterocycles. The normalized spacial score (nSPS) is 19.0. The quantitative estimate of drug-likeness (QED) is 0.780. The van der Waals surface area contributed by atoms with Crippen LogP contribution in [0.1, 0.15) is 41.5 Å². The first-order chi connectivity index (χ1) is 12.9. The van der Waals surface area contributed by atoms with Gasteiger partial charge in [-0.05, 0) is 45.4 Å². The zero-order valence-corrected chi connectivity index (χ0v) is 16.0. The average Bonchev–Trinajstić information content (AvgIpc) is 2.91. The second-order valence-corrected chi connectivity index (χ2v) is 7.05. The third kappa shape index (κ3) is 4.03. The molecule has 1 heterocycles. The summed E-state index contributed by atoms with van der Waals surface area (Å²) in [5.41, 5.74) is 3.05. The van der Waals surface area contributed by atoms with Crippen molar-refractivity contribution in [2.45, 2.75) is 45.7 Å². The molecular weight excluding hydrogens is 344 g/mol. The second-order valence-electron chi connectivity index (χ2n) is 7.05. The Hall–Kier alpha value is -2.67. The first-order valence-electron chi connectivity index (χ1n) is 9.29. The number of carboxylic acid groups (broad SMARTS) is 1. The molecule has 7 nitrogen and oxygen atoms in total. The van der Waals surface area contributed by atoms with Gasteiger partial charge in [-0.3, -0.25) is 14.5 Å². The van der Waals surface area contributed by atoms with E-state index in [9.17, 15) is 9.59 Å². The zero-order chi connectivity index (χ0) is 19.6. The molecule has 1 fully saturated rings. The van der Waals surface area contributed by atoms with E-state index in [0.717, 1.165) is 24.2 Å². The molecule has 1 amide bonds. The van der Waals surface area contributed by atoms with Gasteiger partial charge in [0.2, 0.25) is 0 Å². The number of hydrogen-bond acceptors (Lipinski definition) is 4. The van der Waals surface area contributed by atoms with E-state index in [1.807, 2.05) is 56.0 Å². The van der Waals surface area contributed by atoms with Crippen molar-refractivity contribution in [1.29, 1.82) is 0 Å². The predicted molar refractivity (Wildman–Crippen MR) is 102 cm³/mol. The molecule has 0 unspecified atom stereocenters. The fourth-order valence-electron chi connectivity index (χ4n) is 3.73. The van der Waals surface area contributed by atoms with Gasteiger partial charge in [0, 0.05) is 12.1 Å². The highest BCUT2D eigenvalue weighted by Crippen LogP contribution is 2.26. The fourth-order valence-corrected chi connectivity index (χ4v) is 3.73. The van der Waals surface area contributed by atoms with E-state index in [0.29, 0.717) is 17.8 Å². The number of carbonyl (C=O) groups is 2. The molecule has 2 aromatic rings. The molecule has 1 aliphatic rings. The van der Waals surface area contributed by atoms with Gasteiger partial charge in [-0.15, -0.1) is 0 Å². The summed E-state index contributed by atoms with van der Waals surface area (Å²) in [5, 5.41) is 16.6. The summed E-state index contributed by atoms with van der Waals surface area (Å²) in [5.74, 6) is -0.930. The number of nitrogens with zero attached hydrogens (tertiary/aromatic N) is 3. The standard InChI is InChI=1S/C20H26N4O3/c1-4-23(12-18(25)26)17-10-15(11-17)21-20(27)19-13(2)22-24(14(19)3)16-8-6-5-7-9-16/h5-9,15,17H,4,10-12H2,1-3H3,(H,21,27)(H,25,26). The summed E-state index contributed by atoms with van der Waals surface area (Å²) < 4.78 is 1.79. The number of likely N-dealkylation sites (N-methyl/N-ethyl adjacent to an activating group) is 1. The Morgan fingerprint density at radius 3 is 2.52 bits per heavy atom. The van der Waals surface area contributed by atoms with Crippen molar-refractivity contribution in [3.05, 3.63) is 47.3 Å². The van der Waals surface area contributed by atoms with Crippen LogP contribution in [-0.4, -0.2) is 56.8 Å². The van der Waals surface area contributed by atoms with Crippen LogP contribution in [0.2, 0.25) is 0 Å². The van der Waals surface area contributed by atoms with E-state index in [-0.39, 0.29) is 24.5 Å². The Labute approximate surface area is 159 Å². The molecule has 0 atom stereocenters. The maximum atomic E-state index is 12.8. The number of aliphatic carboxylic acids is 1. The topological polar surface area (TPSA) is 87.5 Å². The fraction of sp³-hybridized carbons (Fsp3) is 0.450. The summed E-state index contributed by atoms with van der Waals surface area (Å²) >= 11 is 0. The molecule has 144 valence electrons. The highest BCUT2D eigenvalue weighted by molar-refractivity contribution is 5.96. The number of aryl methyl sites for hydroxylation is 1. The first-order valence-corrected chi connectivity index (χ1v) is 9.29. The van der Waals surface area contributed by atoms with E-state index in [1.54, 1.807) is 4.68 Å². The Bertz CT molecular complexity index is 825. The number of benzene rings is 1. The molecule has 3 rings (SSSR count). The minimum atomic E-state index is -0.816. The van der Waals surface area contributed by atoms with Gasteiger partial charge in [0.15, 0.2) is 0 Å². The Balaban J connectivity index is 1.65. The smallest absolute Gasteiger partial charge is 0.317 e. The third-order valence-corrected chi connectivity index (χ3v) is 5.23. The van der Waals surface area contributed by atoms with Gasteiger partial charge in [-0.1, -0.05) is 25.1 Å². The van der Waals surface area contributed by atoms with E-state index in [1.165, 1.54) is 0 Å². The largest absolute Gasteiger partial charge is 0.480 e. The van der Waals surface area contributed by atoms with Crippen LogP contribution in [0, 0.1) is 13.8 Å². The van der Waals surface area contributed by atoms with E-state index < -0.39 is 5.97 Å². The van der Waals surface area contributed by atoms with Gasteiger partial charge in [-0.25, -0.2) is 4.68 Å². The highest BCUT2D eigenvalue weighted by Gasteiger charge is 2.35. The number of carbonyl (C=O) groups excluding carboxylic acids is 1. The lowest BCUT2D eigenvalue weighted by Crippen LogP contribution is -2.54. The van der Waals surface area contributed by atoms with Crippen molar-refractivity contribution < 1.29 is 14.7 Å². The molecule has 1 aromatic heterocycles. The van der Waals surface area contributed by atoms with Crippen molar-refractivity contribution in [2.75, 3.05) is 13.1 Å². The number of amides is 1. The molecule has 0 bridgehead atoms. The average molecular weight is 370 g/mol. The molecule has 1 saturated carbocycles. The van der Waals surface area contributed by atoms with Crippen molar-refractivity contribution in [1.82, 2.24) is 20.0 Å². The molecule has 1 aliphatic carbocycles. The molecule has 0 saturated heterocycles. The van der Waals surface area contributed by atoms with Crippen LogP contribution in [0.5, 0.6) is 0 Å². The van der Waals surface area contributed by atoms with Gasteiger partial charge < -0.3 is 10.4 Å². The van der Waals surface area contributed by atoms with Gasteiger partial charge in [-0.2, -0.15) is 5.10 Å². The maximum Gasteiger partial charge on any atom is 0.317 e. The molecule has 27 heavy (non-hydrogen) atoms. The minimum absolute atomic E-state index is 0.0455. The van der Waals surface area contributed by atoms with E-state index >= 15 is 0 Å². The minimum Gasteiger partial charge on any atom is -0.480 e. The summed E-state index contributed by atoms with van der Waals surface area (Å²) in [7, 11) is 0. The zero-order valence-electron chi connectivity index (χ0n) is 16.0. The van der Waals surface area contributed by atoms with E-state index in [2.05, 4.69) is 10.4 Å². The number of rotatable bonds is 7. The molecule has 7 heteroatoms. The number of nitrogens with one attached hydrogen (secondary N) is 1. The number of para-hydroxylation sites is 1. The summed E-state index contributed by atoms with van der Waals surface area (Å²) in [6.45, 7) is 6.44. The van der Waals surface area contributed by atoms with Crippen LogP contribution in [-0.2, 0) is 4.79 Å². The van der Waals surface area contributed by atoms with Crippen LogP contribution in [0.25, 0.3) is 5.69 Å². The van der Waals surface area contributed by atoms with E-state index in [4.69, 9.17) is 5.11 Å². The number of aromatic nitrogens is 2. The Kier molecular flexibility index (Phi) is 5.60. The number of hydrogen-bond donors (Lipinski definition) is 2. The van der Waals surface area contributed by atoms with Crippen LogP contribution in [0.3, 0.4) is 0 Å². The highest BCUT2D eigenvalue weighted by atomic mass is 16.4. The van der Waals surface area contributed by atoms with Crippen molar-refractivity contribution in [3.63, 3.8) is 0 Å². The molecular formula is C20H26N4O3. The van der Waals surface area contributed by atoms with Gasteiger partial charge in [0.25, 0.3) is 5.91 Å². The number of carboxylic acids is 1. The van der Waals surface area contributed by atoms with Gasteiger partial charge in [0.05, 0.1) is 29.2 Å². The maximum absolute atomic E-state index is 12.8. The lowest BCUT2D eigenvalue weighted by atomic mass is 9.85. The van der Waals surface area contributed by atoms with Crippen LogP contribution in [0.15, 0.2) is 30.3 Å². The molecule has 1 aromatic carbocycles. The Morgan fingerprint density at radius 1 is 1.26 bits per heavy atom. The molecule has 0 spiro atoms. The third-order valence-electron chi connectivity index (χ3n) is 5.23. The summed E-state index contributed by atoms with van der Waals surface area (Å²) in [6.07, 6.45) is 1.55. The Morgan fingerprint density at radius 2 is 1.93 bits per heavy atom. The van der Waals surface area contributed by atoms with Crippen molar-refractivity contribution in [2.24, 2.45) is 0 Å². The summed E-state index contributed by atoms with van der Waals surface area (Å²) in [4.78, 5) is 25.7. The van der Waals surface area contributed by atoms with Crippen molar-refractivity contribution >= 4 is 11.9 Å². The predicted octanol–water partition coefficient (Wildman–Crippen LogP) is 2.16. The molecule has 0 radical (unpaired) electrons. The van der Waals surface area contributed by atoms with Gasteiger partial charge in [0.1, 0.15) is 0 Å². The second kappa shape index (κ2) is 7.92. The molecule has 2 N–H and O–H groups in total. The SMILES string of the molecule is CCN(CC(=O)O)C1CC(NC(=O)c2c(C)nn(-c3ccccc3)c2C)C1.